The molecule has 0 aromatic heterocycles. The first-order valence-electron chi connectivity index (χ1n) is 8.26. The lowest BCUT2D eigenvalue weighted by atomic mass is 9.99. The Morgan fingerprint density at radius 1 is 1.04 bits per heavy atom. The summed E-state index contributed by atoms with van der Waals surface area (Å²) in [4.78, 5) is 16.4. The van der Waals surface area contributed by atoms with Gasteiger partial charge in [-0.2, -0.15) is 0 Å². The van der Waals surface area contributed by atoms with Gasteiger partial charge in [0.15, 0.2) is 0 Å². The van der Waals surface area contributed by atoms with Crippen LogP contribution in [0.1, 0.15) is 21.5 Å². The molecule has 0 fully saturated rings. The van der Waals surface area contributed by atoms with Crippen LogP contribution in [0, 0.1) is 0 Å². The zero-order valence-corrected chi connectivity index (χ0v) is 14.5. The fraction of sp³-hybridized carbons (Fsp3) is 0.350. The van der Waals surface area contributed by atoms with E-state index in [2.05, 4.69) is 18.2 Å². The van der Waals surface area contributed by atoms with Crippen LogP contribution in [-0.4, -0.2) is 44.6 Å². The molecule has 0 saturated heterocycles. The van der Waals surface area contributed by atoms with Crippen LogP contribution in [0.15, 0.2) is 48.5 Å². The van der Waals surface area contributed by atoms with Crippen molar-refractivity contribution in [3.05, 3.63) is 65.2 Å². The highest BCUT2D eigenvalue weighted by molar-refractivity contribution is 5.94. The van der Waals surface area contributed by atoms with Crippen molar-refractivity contribution in [3.63, 3.8) is 0 Å². The van der Waals surface area contributed by atoms with Crippen molar-refractivity contribution in [2.45, 2.75) is 19.1 Å². The summed E-state index contributed by atoms with van der Waals surface area (Å²) in [6.45, 7) is 1.23. The predicted octanol–water partition coefficient (Wildman–Crippen LogP) is 2.97. The molecule has 1 aliphatic rings. The summed E-state index contributed by atoms with van der Waals surface area (Å²) in [6.07, 6.45) is 0.905. The maximum absolute atomic E-state index is 12.6. The number of likely N-dealkylation sites (N-methyl/N-ethyl adjacent to an activating group) is 1. The number of ether oxygens (including phenoxy) is 1. The average Bonchev–Trinajstić information content (AvgIpc) is 2.61. The third-order valence-electron chi connectivity index (χ3n) is 4.50. The van der Waals surface area contributed by atoms with Gasteiger partial charge in [0, 0.05) is 45.4 Å². The van der Waals surface area contributed by atoms with Gasteiger partial charge in [-0.3, -0.25) is 4.79 Å². The number of fused-ring (bicyclic) bond motifs is 1. The molecule has 4 nitrogen and oxygen atoms in total. The number of amides is 1. The minimum Gasteiger partial charge on any atom is -0.378 e. The molecule has 0 N–H and O–H groups in total. The summed E-state index contributed by atoms with van der Waals surface area (Å²) in [5, 5.41) is 0. The zero-order chi connectivity index (χ0) is 17.1. The molecule has 1 aliphatic heterocycles. The van der Waals surface area contributed by atoms with Crippen molar-refractivity contribution in [1.29, 1.82) is 0 Å². The number of rotatable bonds is 4. The van der Waals surface area contributed by atoms with E-state index in [0.717, 1.165) is 12.1 Å². The van der Waals surface area contributed by atoms with Crippen molar-refractivity contribution in [2.75, 3.05) is 32.6 Å². The Morgan fingerprint density at radius 3 is 2.38 bits per heavy atom. The third kappa shape index (κ3) is 3.60. The molecule has 2 aromatic carbocycles. The lowest BCUT2D eigenvalue weighted by Crippen LogP contribution is -2.38. The first-order chi connectivity index (χ1) is 11.5. The van der Waals surface area contributed by atoms with Gasteiger partial charge in [0.05, 0.1) is 12.7 Å². The Balaban J connectivity index is 1.62. The van der Waals surface area contributed by atoms with Crippen molar-refractivity contribution in [3.8, 4) is 0 Å². The van der Waals surface area contributed by atoms with E-state index in [1.54, 1.807) is 4.90 Å². The Hall–Kier alpha value is -2.33. The summed E-state index contributed by atoms with van der Waals surface area (Å²) >= 11 is 0. The van der Waals surface area contributed by atoms with Crippen LogP contribution in [0.5, 0.6) is 0 Å². The molecule has 0 bridgehead atoms. The highest BCUT2D eigenvalue weighted by Crippen LogP contribution is 2.21. The van der Waals surface area contributed by atoms with Gasteiger partial charge in [0.2, 0.25) is 0 Å². The van der Waals surface area contributed by atoms with Gasteiger partial charge in [-0.15, -0.1) is 0 Å². The molecular formula is C20H24N2O2. The summed E-state index contributed by atoms with van der Waals surface area (Å²) in [7, 11) is 5.81. The third-order valence-corrected chi connectivity index (χ3v) is 4.50. The molecular weight excluding hydrogens is 300 g/mol. The van der Waals surface area contributed by atoms with Crippen molar-refractivity contribution in [1.82, 2.24) is 4.90 Å². The fourth-order valence-corrected chi connectivity index (χ4v) is 3.04. The number of hydrogen-bond acceptors (Lipinski definition) is 3. The topological polar surface area (TPSA) is 32.8 Å². The van der Waals surface area contributed by atoms with Crippen molar-refractivity contribution in [2.24, 2.45) is 0 Å². The number of carbonyl (C=O) groups is 1. The number of benzene rings is 2. The van der Waals surface area contributed by atoms with Crippen LogP contribution < -0.4 is 4.90 Å². The molecule has 4 heteroatoms. The minimum atomic E-state index is 0.0303. The van der Waals surface area contributed by atoms with E-state index >= 15 is 0 Å². The van der Waals surface area contributed by atoms with Crippen LogP contribution in [-0.2, 0) is 17.8 Å². The van der Waals surface area contributed by atoms with Gasteiger partial charge in [-0.25, -0.2) is 0 Å². The van der Waals surface area contributed by atoms with Gasteiger partial charge in [0.1, 0.15) is 0 Å². The fourth-order valence-electron chi connectivity index (χ4n) is 3.04. The van der Waals surface area contributed by atoms with E-state index in [-0.39, 0.29) is 12.0 Å². The second-order valence-corrected chi connectivity index (χ2v) is 6.53. The molecule has 126 valence electrons. The van der Waals surface area contributed by atoms with Crippen LogP contribution in [0.25, 0.3) is 0 Å². The molecule has 0 spiro atoms. The van der Waals surface area contributed by atoms with E-state index in [4.69, 9.17) is 4.74 Å². The monoisotopic (exact) mass is 324 g/mol. The summed E-state index contributed by atoms with van der Waals surface area (Å²) in [5.74, 6) is 0.0303. The number of carbonyl (C=O) groups excluding carboxylic acids is 1. The Labute approximate surface area is 143 Å². The van der Waals surface area contributed by atoms with Crippen molar-refractivity contribution < 1.29 is 9.53 Å². The Kier molecular flexibility index (Phi) is 4.86. The molecule has 0 aliphatic carbocycles. The Morgan fingerprint density at radius 2 is 1.71 bits per heavy atom. The minimum absolute atomic E-state index is 0.0303. The SMILES string of the molecule is CN(CC1Cc2ccccc2CO1)C(=O)c1ccc(N(C)C)cc1. The molecule has 3 rings (SSSR count). The zero-order valence-electron chi connectivity index (χ0n) is 14.5. The number of hydrogen-bond donors (Lipinski definition) is 0. The maximum Gasteiger partial charge on any atom is 0.253 e. The van der Waals surface area contributed by atoms with E-state index in [1.807, 2.05) is 56.4 Å². The van der Waals surface area contributed by atoms with Gasteiger partial charge >= 0.3 is 0 Å². The first kappa shape index (κ1) is 16.5. The summed E-state index contributed by atoms with van der Waals surface area (Å²) in [6, 6.07) is 16.0. The molecule has 2 aromatic rings. The number of nitrogens with zero attached hydrogens (tertiary/aromatic N) is 2. The molecule has 1 heterocycles. The molecule has 0 saturated carbocycles. The molecule has 1 unspecified atom stereocenters. The maximum atomic E-state index is 12.6. The van der Waals surface area contributed by atoms with E-state index in [0.29, 0.717) is 18.7 Å². The molecule has 24 heavy (non-hydrogen) atoms. The second-order valence-electron chi connectivity index (χ2n) is 6.53. The molecule has 0 radical (unpaired) electrons. The predicted molar refractivity (Wildman–Crippen MR) is 96.5 cm³/mol. The standard InChI is InChI=1S/C20H24N2O2/c1-21(2)18-10-8-15(9-11-18)20(23)22(3)13-19-12-16-6-4-5-7-17(16)14-24-19/h4-11,19H,12-14H2,1-3H3. The smallest absolute Gasteiger partial charge is 0.253 e. The van der Waals surface area contributed by atoms with Crippen LogP contribution >= 0.6 is 0 Å². The Bertz CT molecular complexity index is 710. The second kappa shape index (κ2) is 7.05. The normalized spacial score (nSPS) is 16.4. The quantitative estimate of drug-likeness (QED) is 0.867. The number of anilines is 1. The highest BCUT2D eigenvalue weighted by atomic mass is 16.5. The van der Waals surface area contributed by atoms with Crippen molar-refractivity contribution >= 4 is 11.6 Å². The highest BCUT2D eigenvalue weighted by Gasteiger charge is 2.22. The van der Waals surface area contributed by atoms with Crippen LogP contribution in [0.2, 0.25) is 0 Å². The lowest BCUT2D eigenvalue weighted by molar-refractivity contribution is 0.00985. The molecule has 1 atom stereocenters. The summed E-state index contributed by atoms with van der Waals surface area (Å²) < 4.78 is 5.91. The van der Waals surface area contributed by atoms with Gasteiger partial charge in [0.25, 0.3) is 5.91 Å². The first-order valence-corrected chi connectivity index (χ1v) is 8.26. The van der Waals surface area contributed by atoms with Crippen LogP contribution in [0.3, 0.4) is 0 Å². The van der Waals surface area contributed by atoms with E-state index in [1.165, 1.54) is 11.1 Å². The largest absolute Gasteiger partial charge is 0.378 e. The van der Waals surface area contributed by atoms with Gasteiger partial charge in [-0.05, 0) is 35.4 Å². The van der Waals surface area contributed by atoms with Gasteiger partial charge in [-0.1, -0.05) is 24.3 Å². The molecule has 1 amide bonds. The average molecular weight is 324 g/mol. The van der Waals surface area contributed by atoms with Gasteiger partial charge < -0.3 is 14.5 Å². The lowest BCUT2D eigenvalue weighted by Gasteiger charge is -2.29. The van der Waals surface area contributed by atoms with E-state index in [9.17, 15) is 4.79 Å². The van der Waals surface area contributed by atoms with E-state index < -0.39 is 0 Å². The van der Waals surface area contributed by atoms with Crippen LogP contribution in [0.4, 0.5) is 5.69 Å². The summed E-state index contributed by atoms with van der Waals surface area (Å²) in [5.41, 5.74) is 4.37.